The van der Waals surface area contributed by atoms with Gasteiger partial charge in [-0.05, 0) is 62.7 Å². The van der Waals surface area contributed by atoms with E-state index in [4.69, 9.17) is 37.7 Å². The fraction of sp³-hybridized carbons (Fsp3) is 0.478. The van der Waals surface area contributed by atoms with Crippen LogP contribution < -0.4 is 10.1 Å². The van der Waals surface area contributed by atoms with Gasteiger partial charge in [0.05, 0.1) is 23.2 Å². The molecular weight excluding hydrogens is 435 g/mol. The molecule has 1 fully saturated rings. The van der Waals surface area contributed by atoms with Crippen LogP contribution in [-0.2, 0) is 17.7 Å². The topological polar surface area (TPSA) is 59.0 Å². The number of ether oxygens (including phenoxy) is 2. The Morgan fingerprint density at radius 2 is 1.94 bits per heavy atom. The normalized spacial score (nSPS) is 19.3. The van der Waals surface area contributed by atoms with E-state index in [9.17, 15) is 0 Å². The summed E-state index contributed by atoms with van der Waals surface area (Å²) in [6, 6.07) is 7.79. The first kappa shape index (κ1) is 22.3. The van der Waals surface area contributed by atoms with Crippen molar-refractivity contribution >= 4 is 34.7 Å². The number of rotatable bonds is 6. The molecule has 8 heteroatoms. The van der Waals surface area contributed by atoms with Crippen molar-refractivity contribution in [1.29, 1.82) is 0 Å². The van der Waals surface area contributed by atoms with Crippen molar-refractivity contribution in [3.63, 3.8) is 0 Å². The van der Waals surface area contributed by atoms with Gasteiger partial charge < -0.3 is 19.7 Å². The SMILES string of the molecule is COCCOc1ccc(CN=C2Nc3cc(Cl)c(Cl)cc3CC23CCN(C)CC3)cn1. The number of nitrogens with zero attached hydrogens (tertiary/aromatic N) is 3. The van der Waals surface area contributed by atoms with E-state index in [1.54, 1.807) is 7.11 Å². The second-order valence-electron chi connectivity index (χ2n) is 8.32. The molecule has 6 nitrogen and oxygen atoms in total. The van der Waals surface area contributed by atoms with Crippen LogP contribution in [0.15, 0.2) is 35.5 Å². The Hall–Kier alpha value is -1.86. The molecule has 1 aromatic carbocycles. The van der Waals surface area contributed by atoms with E-state index >= 15 is 0 Å². The molecule has 1 spiro atoms. The number of hydrogen-bond donors (Lipinski definition) is 1. The van der Waals surface area contributed by atoms with Gasteiger partial charge in [-0.15, -0.1) is 0 Å². The minimum absolute atomic E-state index is 0.00665. The molecule has 0 aliphatic carbocycles. The number of pyridine rings is 1. The number of anilines is 1. The molecule has 3 heterocycles. The first-order valence-corrected chi connectivity index (χ1v) is 11.3. The maximum Gasteiger partial charge on any atom is 0.213 e. The zero-order valence-electron chi connectivity index (χ0n) is 18.0. The van der Waals surface area contributed by atoms with Crippen molar-refractivity contribution in [2.75, 3.05) is 45.8 Å². The Labute approximate surface area is 193 Å². The van der Waals surface area contributed by atoms with E-state index in [0.29, 0.717) is 35.7 Å². The van der Waals surface area contributed by atoms with E-state index in [1.807, 2.05) is 30.5 Å². The van der Waals surface area contributed by atoms with Crippen LogP contribution in [-0.4, -0.2) is 56.2 Å². The van der Waals surface area contributed by atoms with Crippen LogP contribution in [0.25, 0.3) is 0 Å². The van der Waals surface area contributed by atoms with Crippen LogP contribution >= 0.6 is 23.2 Å². The van der Waals surface area contributed by atoms with Crippen LogP contribution in [0, 0.1) is 5.41 Å². The Bertz CT molecular complexity index is 941. The van der Waals surface area contributed by atoms with Crippen LogP contribution in [0.3, 0.4) is 0 Å². The van der Waals surface area contributed by atoms with Crippen molar-refractivity contribution in [3.05, 3.63) is 51.6 Å². The van der Waals surface area contributed by atoms with Gasteiger partial charge in [-0.1, -0.05) is 29.3 Å². The largest absolute Gasteiger partial charge is 0.475 e. The minimum atomic E-state index is -0.00665. The highest BCUT2D eigenvalue weighted by molar-refractivity contribution is 6.42. The summed E-state index contributed by atoms with van der Waals surface area (Å²) in [5.41, 5.74) is 3.24. The molecule has 0 amide bonds. The summed E-state index contributed by atoms with van der Waals surface area (Å²) in [4.78, 5) is 11.8. The number of likely N-dealkylation sites (tertiary alicyclic amines) is 1. The number of piperidine rings is 1. The lowest BCUT2D eigenvalue weighted by Gasteiger charge is -2.45. The molecule has 31 heavy (non-hydrogen) atoms. The molecule has 4 rings (SSSR count). The third-order valence-electron chi connectivity index (χ3n) is 6.13. The average Bonchev–Trinajstić information content (AvgIpc) is 2.77. The highest BCUT2D eigenvalue weighted by atomic mass is 35.5. The second-order valence-corrected chi connectivity index (χ2v) is 9.13. The maximum absolute atomic E-state index is 6.30. The standard InChI is InChI=1S/C23H28Cl2N4O2/c1-29-7-5-23(6-8-29)13-17-11-18(24)19(25)12-20(17)28-22(23)27-15-16-3-4-21(26-14-16)31-10-9-30-2/h3-4,11-12,14H,5-10,13,15H2,1-2H3,(H,27,28). The predicted molar refractivity (Wildman–Crippen MR) is 126 cm³/mol. The van der Waals surface area contributed by atoms with Gasteiger partial charge in [-0.3, -0.25) is 4.99 Å². The number of hydrogen-bond acceptors (Lipinski definition) is 5. The van der Waals surface area contributed by atoms with Crippen LogP contribution in [0.4, 0.5) is 5.69 Å². The van der Waals surface area contributed by atoms with Gasteiger partial charge in [0, 0.05) is 30.5 Å². The fourth-order valence-electron chi connectivity index (χ4n) is 4.22. The minimum Gasteiger partial charge on any atom is -0.475 e. The first-order valence-electron chi connectivity index (χ1n) is 10.5. The molecule has 0 radical (unpaired) electrons. The van der Waals surface area contributed by atoms with Crippen molar-refractivity contribution in [1.82, 2.24) is 9.88 Å². The quantitative estimate of drug-likeness (QED) is 0.630. The third kappa shape index (κ3) is 5.14. The lowest BCUT2D eigenvalue weighted by Crippen LogP contribution is -2.49. The van der Waals surface area contributed by atoms with Crippen molar-refractivity contribution in [3.8, 4) is 5.88 Å². The van der Waals surface area contributed by atoms with Crippen LogP contribution in [0.1, 0.15) is 24.0 Å². The van der Waals surface area contributed by atoms with Crippen molar-refractivity contribution in [2.45, 2.75) is 25.8 Å². The average molecular weight is 463 g/mol. The van der Waals surface area contributed by atoms with Gasteiger partial charge in [0.1, 0.15) is 12.4 Å². The van der Waals surface area contributed by atoms with Gasteiger partial charge in [-0.2, -0.15) is 0 Å². The van der Waals surface area contributed by atoms with E-state index in [-0.39, 0.29) is 5.41 Å². The molecule has 0 atom stereocenters. The molecule has 0 bridgehead atoms. The molecule has 1 aromatic heterocycles. The summed E-state index contributed by atoms with van der Waals surface area (Å²) in [7, 11) is 3.82. The highest BCUT2D eigenvalue weighted by Gasteiger charge is 2.42. The van der Waals surface area contributed by atoms with Crippen LogP contribution in [0.5, 0.6) is 5.88 Å². The molecule has 1 saturated heterocycles. The van der Waals surface area contributed by atoms with Gasteiger partial charge >= 0.3 is 0 Å². The number of aromatic nitrogens is 1. The smallest absolute Gasteiger partial charge is 0.213 e. The van der Waals surface area contributed by atoms with Gasteiger partial charge in [0.25, 0.3) is 0 Å². The molecular formula is C23H28Cl2N4O2. The summed E-state index contributed by atoms with van der Waals surface area (Å²) in [6.07, 6.45) is 4.85. The van der Waals surface area contributed by atoms with Gasteiger partial charge in [-0.25, -0.2) is 4.98 Å². The first-order chi connectivity index (χ1) is 15.0. The summed E-state index contributed by atoms with van der Waals surface area (Å²) in [5.74, 6) is 1.63. The molecule has 0 unspecified atom stereocenters. The Kier molecular flexibility index (Phi) is 7.02. The summed E-state index contributed by atoms with van der Waals surface area (Å²) >= 11 is 12.6. The second kappa shape index (κ2) is 9.74. The lowest BCUT2D eigenvalue weighted by molar-refractivity contribution is 0.143. The number of halogens is 2. The van der Waals surface area contributed by atoms with E-state index in [0.717, 1.165) is 49.4 Å². The van der Waals surface area contributed by atoms with Crippen LogP contribution in [0.2, 0.25) is 10.0 Å². The van der Waals surface area contributed by atoms with Gasteiger partial charge in [0.15, 0.2) is 0 Å². The van der Waals surface area contributed by atoms with E-state index < -0.39 is 0 Å². The number of methoxy groups -OCH3 is 1. The molecule has 2 aromatic rings. The van der Waals surface area contributed by atoms with E-state index in [1.165, 1.54) is 5.56 Å². The Morgan fingerprint density at radius 1 is 1.16 bits per heavy atom. The molecule has 0 saturated carbocycles. The molecule has 1 N–H and O–H groups in total. The van der Waals surface area contributed by atoms with E-state index in [2.05, 4.69) is 22.2 Å². The number of aliphatic imine (C=N–C) groups is 1. The number of fused-ring (bicyclic) bond motifs is 1. The van der Waals surface area contributed by atoms with Gasteiger partial charge in [0.2, 0.25) is 5.88 Å². The zero-order valence-corrected chi connectivity index (χ0v) is 19.5. The van der Waals surface area contributed by atoms with Crippen molar-refractivity contribution in [2.24, 2.45) is 10.4 Å². The third-order valence-corrected chi connectivity index (χ3v) is 6.85. The number of nitrogens with one attached hydrogen (secondary N) is 1. The fourth-order valence-corrected chi connectivity index (χ4v) is 4.57. The molecule has 2 aliphatic heterocycles. The monoisotopic (exact) mass is 462 g/mol. The predicted octanol–water partition coefficient (Wildman–Crippen LogP) is 4.69. The Morgan fingerprint density at radius 3 is 2.65 bits per heavy atom. The summed E-state index contributed by atoms with van der Waals surface area (Å²) in [6.45, 7) is 3.68. The summed E-state index contributed by atoms with van der Waals surface area (Å²) < 4.78 is 10.5. The van der Waals surface area contributed by atoms with Crippen molar-refractivity contribution < 1.29 is 9.47 Å². The molecule has 2 aliphatic rings. The highest BCUT2D eigenvalue weighted by Crippen LogP contribution is 2.44. The number of benzene rings is 1. The summed E-state index contributed by atoms with van der Waals surface area (Å²) in [5, 5.41) is 4.74. The molecule has 166 valence electrons. The number of amidine groups is 1. The zero-order chi connectivity index (χ0) is 21.8. The lowest BCUT2D eigenvalue weighted by atomic mass is 9.70. The Balaban J connectivity index is 1.55. The maximum atomic E-state index is 6.30.